The van der Waals surface area contributed by atoms with Gasteiger partial charge in [0.15, 0.2) is 0 Å². The summed E-state index contributed by atoms with van der Waals surface area (Å²) in [6, 6.07) is 12.3. The van der Waals surface area contributed by atoms with Gasteiger partial charge in [0.1, 0.15) is 0 Å². The van der Waals surface area contributed by atoms with Crippen molar-refractivity contribution in [2.45, 2.75) is 0 Å². The molecule has 0 saturated heterocycles. The summed E-state index contributed by atoms with van der Waals surface area (Å²) in [4.78, 5) is 11.7. The van der Waals surface area contributed by atoms with E-state index in [0.717, 1.165) is 5.56 Å². The Kier molecular flexibility index (Phi) is 3.53. The van der Waals surface area contributed by atoms with E-state index in [1.807, 2.05) is 18.2 Å². The van der Waals surface area contributed by atoms with Gasteiger partial charge in [-0.1, -0.05) is 29.8 Å². The molecule has 2 aromatic rings. The van der Waals surface area contributed by atoms with Crippen LogP contribution < -0.4 is 5.73 Å². The number of carbonyl (C=O) groups excluding carboxylic acids is 1. The lowest BCUT2D eigenvalue weighted by molar-refractivity contribution is 0.0601. The highest BCUT2D eigenvalue weighted by molar-refractivity contribution is 6.33. The molecule has 0 amide bonds. The lowest BCUT2D eigenvalue weighted by atomic mass is 9.99. The van der Waals surface area contributed by atoms with Crippen LogP contribution in [0, 0.1) is 0 Å². The summed E-state index contributed by atoms with van der Waals surface area (Å²) in [5.74, 6) is -0.412. The van der Waals surface area contributed by atoms with E-state index >= 15 is 0 Å². The minimum Gasteiger partial charge on any atom is -0.465 e. The molecule has 0 atom stereocenters. The quantitative estimate of drug-likeness (QED) is 0.666. The number of ether oxygens (including phenoxy) is 1. The third-order valence-electron chi connectivity index (χ3n) is 2.61. The van der Waals surface area contributed by atoms with E-state index in [1.54, 1.807) is 24.3 Å². The average Bonchev–Trinajstić information content (AvgIpc) is 2.38. The molecule has 92 valence electrons. The van der Waals surface area contributed by atoms with Crippen molar-refractivity contribution in [1.29, 1.82) is 0 Å². The second-order valence-electron chi connectivity index (χ2n) is 3.78. The van der Waals surface area contributed by atoms with Crippen LogP contribution in [0.4, 0.5) is 5.69 Å². The molecule has 3 nitrogen and oxygen atoms in total. The summed E-state index contributed by atoms with van der Waals surface area (Å²) in [5.41, 5.74) is 8.20. The zero-order valence-corrected chi connectivity index (χ0v) is 10.6. The summed E-state index contributed by atoms with van der Waals surface area (Å²) in [6.07, 6.45) is 0. The van der Waals surface area contributed by atoms with Crippen molar-refractivity contribution in [3.63, 3.8) is 0 Å². The predicted octanol–water partition coefficient (Wildman–Crippen LogP) is 3.38. The highest BCUT2D eigenvalue weighted by Gasteiger charge is 2.15. The third-order valence-corrected chi connectivity index (χ3v) is 2.94. The summed E-state index contributed by atoms with van der Waals surface area (Å²) >= 11 is 6.14. The number of nitrogen functional groups attached to an aromatic ring is 1. The maximum absolute atomic E-state index is 11.7. The van der Waals surface area contributed by atoms with Crippen LogP contribution in [-0.4, -0.2) is 13.1 Å². The second-order valence-corrected chi connectivity index (χ2v) is 4.18. The molecule has 0 aromatic heterocycles. The number of anilines is 1. The first-order valence-corrected chi connectivity index (χ1v) is 5.74. The van der Waals surface area contributed by atoms with E-state index in [4.69, 9.17) is 22.1 Å². The average molecular weight is 262 g/mol. The monoisotopic (exact) mass is 261 g/mol. The van der Waals surface area contributed by atoms with Crippen molar-refractivity contribution in [3.8, 4) is 11.1 Å². The van der Waals surface area contributed by atoms with Gasteiger partial charge in [0, 0.05) is 16.3 Å². The van der Waals surface area contributed by atoms with E-state index in [9.17, 15) is 4.79 Å². The fourth-order valence-corrected chi connectivity index (χ4v) is 1.99. The summed E-state index contributed by atoms with van der Waals surface area (Å²) in [6.45, 7) is 0. The Bertz CT molecular complexity index is 596. The number of halogens is 1. The van der Waals surface area contributed by atoms with Crippen molar-refractivity contribution < 1.29 is 9.53 Å². The van der Waals surface area contributed by atoms with Crippen molar-refractivity contribution in [2.24, 2.45) is 0 Å². The van der Waals surface area contributed by atoms with Gasteiger partial charge in [-0.25, -0.2) is 4.79 Å². The molecule has 0 aliphatic carbocycles. The van der Waals surface area contributed by atoms with Gasteiger partial charge in [0.05, 0.1) is 12.7 Å². The van der Waals surface area contributed by atoms with E-state index in [1.165, 1.54) is 7.11 Å². The standard InChI is InChI=1S/C14H12ClNO2/c1-18-14(17)11-7-6-9(16)8-12(11)10-4-2-3-5-13(10)15/h2-8H,16H2,1H3. The van der Waals surface area contributed by atoms with Crippen LogP contribution in [0.1, 0.15) is 10.4 Å². The summed E-state index contributed by atoms with van der Waals surface area (Å²) < 4.78 is 4.76. The van der Waals surface area contributed by atoms with Crippen LogP contribution in [0.2, 0.25) is 5.02 Å². The molecule has 0 radical (unpaired) electrons. The van der Waals surface area contributed by atoms with Gasteiger partial charge in [-0.15, -0.1) is 0 Å². The van der Waals surface area contributed by atoms with Crippen LogP contribution in [0.5, 0.6) is 0 Å². The molecule has 18 heavy (non-hydrogen) atoms. The Hall–Kier alpha value is -2.00. The maximum Gasteiger partial charge on any atom is 0.338 e. The minimum absolute atomic E-state index is 0.412. The Morgan fingerprint density at radius 1 is 1.17 bits per heavy atom. The van der Waals surface area contributed by atoms with Crippen LogP contribution >= 0.6 is 11.6 Å². The lowest BCUT2D eigenvalue weighted by Crippen LogP contribution is -2.04. The summed E-state index contributed by atoms with van der Waals surface area (Å²) in [7, 11) is 1.34. The van der Waals surface area contributed by atoms with E-state index in [0.29, 0.717) is 21.8 Å². The normalized spacial score (nSPS) is 10.1. The van der Waals surface area contributed by atoms with Crippen LogP contribution in [0.3, 0.4) is 0 Å². The first-order chi connectivity index (χ1) is 8.63. The summed E-state index contributed by atoms with van der Waals surface area (Å²) in [5, 5.41) is 0.563. The van der Waals surface area contributed by atoms with Gasteiger partial charge in [-0.05, 0) is 29.8 Å². The van der Waals surface area contributed by atoms with E-state index in [-0.39, 0.29) is 0 Å². The van der Waals surface area contributed by atoms with E-state index in [2.05, 4.69) is 0 Å². The Labute approximate surface area is 110 Å². The number of benzene rings is 2. The van der Waals surface area contributed by atoms with Crippen molar-refractivity contribution in [1.82, 2.24) is 0 Å². The fourth-order valence-electron chi connectivity index (χ4n) is 1.75. The number of hydrogen-bond acceptors (Lipinski definition) is 3. The maximum atomic E-state index is 11.7. The number of nitrogens with two attached hydrogens (primary N) is 1. The van der Waals surface area contributed by atoms with Crippen molar-refractivity contribution in [3.05, 3.63) is 53.1 Å². The van der Waals surface area contributed by atoms with Crippen LogP contribution in [-0.2, 0) is 4.74 Å². The SMILES string of the molecule is COC(=O)c1ccc(N)cc1-c1ccccc1Cl. The Morgan fingerprint density at radius 2 is 1.89 bits per heavy atom. The zero-order valence-electron chi connectivity index (χ0n) is 9.81. The molecule has 2 aromatic carbocycles. The van der Waals surface area contributed by atoms with Crippen molar-refractivity contribution in [2.75, 3.05) is 12.8 Å². The van der Waals surface area contributed by atoms with Gasteiger partial charge in [0.2, 0.25) is 0 Å². The molecule has 0 unspecified atom stereocenters. The number of carbonyl (C=O) groups is 1. The molecule has 0 heterocycles. The molecule has 0 fully saturated rings. The zero-order chi connectivity index (χ0) is 13.1. The molecule has 0 aliphatic heterocycles. The third kappa shape index (κ3) is 2.31. The van der Waals surface area contributed by atoms with Gasteiger partial charge >= 0.3 is 5.97 Å². The predicted molar refractivity (Wildman–Crippen MR) is 72.6 cm³/mol. The topological polar surface area (TPSA) is 52.3 Å². The number of hydrogen-bond donors (Lipinski definition) is 1. The Balaban J connectivity index is 2.66. The molecule has 0 saturated carbocycles. The Morgan fingerprint density at radius 3 is 2.56 bits per heavy atom. The number of rotatable bonds is 2. The van der Waals surface area contributed by atoms with E-state index < -0.39 is 5.97 Å². The fraction of sp³-hybridized carbons (Fsp3) is 0.0714. The number of methoxy groups -OCH3 is 1. The highest BCUT2D eigenvalue weighted by Crippen LogP contribution is 2.32. The van der Waals surface area contributed by atoms with Crippen LogP contribution in [0.25, 0.3) is 11.1 Å². The van der Waals surface area contributed by atoms with Gasteiger partial charge in [-0.2, -0.15) is 0 Å². The first kappa shape index (κ1) is 12.5. The molecular formula is C14H12ClNO2. The molecule has 2 N–H and O–H groups in total. The smallest absolute Gasteiger partial charge is 0.338 e. The number of esters is 1. The van der Waals surface area contributed by atoms with Crippen LogP contribution in [0.15, 0.2) is 42.5 Å². The van der Waals surface area contributed by atoms with Gasteiger partial charge in [0.25, 0.3) is 0 Å². The van der Waals surface area contributed by atoms with Gasteiger partial charge in [-0.3, -0.25) is 0 Å². The van der Waals surface area contributed by atoms with Gasteiger partial charge < -0.3 is 10.5 Å². The highest BCUT2D eigenvalue weighted by atomic mass is 35.5. The second kappa shape index (κ2) is 5.10. The first-order valence-electron chi connectivity index (χ1n) is 5.36. The molecule has 0 aliphatic rings. The molecule has 2 rings (SSSR count). The lowest BCUT2D eigenvalue weighted by Gasteiger charge is -2.10. The molecule has 0 spiro atoms. The molecular weight excluding hydrogens is 250 g/mol. The minimum atomic E-state index is -0.412. The van der Waals surface area contributed by atoms with Crippen molar-refractivity contribution >= 4 is 23.3 Å². The largest absolute Gasteiger partial charge is 0.465 e. The molecule has 0 bridgehead atoms. The molecule has 4 heteroatoms.